The van der Waals surface area contributed by atoms with Gasteiger partial charge in [0.1, 0.15) is 6.10 Å². The van der Waals surface area contributed by atoms with Gasteiger partial charge in [-0.1, -0.05) is 36.2 Å². The number of aliphatic hydroxyl groups excluding tert-OH is 1. The van der Waals surface area contributed by atoms with E-state index in [1.807, 2.05) is 58.0 Å². The zero-order valence-electron chi connectivity index (χ0n) is 20.5. The number of fused-ring (bicyclic) bond motifs is 1. The van der Waals surface area contributed by atoms with Crippen LogP contribution >= 0.6 is 11.6 Å². The fourth-order valence-electron chi connectivity index (χ4n) is 4.84. The molecule has 0 aliphatic carbocycles. The lowest BCUT2D eigenvalue weighted by atomic mass is 9.88. The van der Waals surface area contributed by atoms with Crippen LogP contribution in [-0.2, 0) is 11.3 Å². The van der Waals surface area contributed by atoms with Crippen LogP contribution in [0.15, 0.2) is 42.5 Å². The Morgan fingerprint density at radius 3 is 2.32 bits per heavy atom. The van der Waals surface area contributed by atoms with Crippen LogP contribution in [0, 0.1) is 6.92 Å². The summed E-state index contributed by atoms with van der Waals surface area (Å²) < 4.78 is 6.17. The lowest BCUT2D eigenvalue weighted by Crippen LogP contribution is -2.31. The molecule has 1 aliphatic heterocycles. The van der Waals surface area contributed by atoms with Crippen molar-refractivity contribution < 1.29 is 14.9 Å². The van der Waals surface area contributed by atoms with Gasteiger partial charge in [0.05, 0.1) is 16.8 Å². The summed E-state index contributed by atoms with van der Waals surface area (Å²) in [4.78, 5) is 7.49. The number of hydrogen-bond donors (Lipinski definition) is 2. The number of aromatic nitrogens is 1. The summed E-state index contributed by atoms with van der Waals surface area (Å²) >= 11 is 6.18. The Balaban J connectivity index is 1.88. The van der Waals surface area contributed by atoms with E-state index in [1.165, 1.54) is 19.3 Å². The molecule has 1 aliphatic rings. The van der Waals surface area contributed by atoms with Gasteiger partial charge in [-0.05, 0) is 100 Å². The molecule has 2 aromatic carbocycles. The normalized spacial score (nSPS) is 16.4. The van der Waals surface area contributed by atoms with E-state index < -0.39 is 18.0 Å². The average Bonchev–Trinajstić information content (AvgIpc) is 2.77. The summed E-state index contributed by atoms with van der Waals surface area (Å²) in [6.07, 6.45) is 1.21. The molecule has 0 bridgehead atoms. The highest BCUT2D eigenvalue weighted by atomic mass is 35.5. The molecule has 0 amide bonds. The van der Waals surface area contributed by atoms with Crippen molar-refractivity contribution in [3.8, 4) is 11.1 Å². The lowest BCUT2D eigenvalue weighted by molar-refractivity contribution is -0.185. The van der Waals surface area contributed by atoms with Crippen molar-refractivity contribution >= 4 is 22.5 Å². The summed E-state index contributed by atoms with van der Waals surface area (Å²) in [6.45, 7) is 10.8. The molecule has 34 heavy (non-hydrogen) atoms. The first-order valence-electron chi connectivity index (χ1n) is 12.1. The van der Waals surface area contributed by atoms with E-state index in [9.17, 15) is 10.2 Å². The Hall–Kier alpha value is -2.02. The van der Waals surface area contributed by atoms with Gasteiger partial charge in [0.2, 0.25) is 0 Å². The summed E-state index contributed by atoms with van der Waals surface area (Å²) in [5.41, 5.74) is 4.86. The first kappa shape index (κ1) is 25.1. The monoisotopic (exact) mass is 482 g/mol. The van der Waals surface area contributed by atoms with Gasteiger partial charge in [-0.3, -0.25) is 9.88 Å². The molecule has 1 atom stereocenters. The van der Waals surface area contributed by atoms with Crippen molar-refractivity contribution in [2.45, 2.75) is 71.5 Å². The Labute approximate surface area is 207 Å². The van der Waals surface area contributed by atoms with Crippen molar-refractivity contribution in [3.05, 3.63) is 64.3 Å². The first-order chi connectivity index (χ1) is 16.1. The molecule has 2 N–H and O–H groups in total. The number of piperidine rings is 1. The zero-order valence-corrected chi connectivity index (χ0v) is 21.3. The Morgan fingerprint density at radius 2 is 1.71 bits per heavy atom. The maximum Gasteiger partial charge on any atom is 0.182 e. The second-order valence-corrected chi connectivity index (χ2v) is 10.7. The molecule has 0 radical (unpaired) electrons. The molecule has 6 heteroatoms. The molecule has 182 valence electrons. The van der Waals surface area contributed by atoms with E-state index in [0.29, 0.717) is 5.02 Å². The van der Waals surface area contributed by atoms with Gasteiger partial charge in [0.25, 0.3) is 0 Å². The number of aryl methyl sites for hydroxylation is 1. The minimum Gasteiger partial charge on any atom is -0.366 e. The van der Waals surface area contributed by atoms with Crippen LogP contribution in [0.4, 0.5) is 0 Å². The maximum atomic E-state index is 10.4. The van der Waals surface area contributed by atoms with Crippen LogP contribution < -0.4 is 0 Å². The van der Waals surface area contributed by atoms with Crippen LogP contribution in [0.5, 0.6) is 0 Å². The van der Waals surface area contributed by atoms with E-state index >= 15 is 0 Å². The van der Waals surface area contributed by atoms with Crippen molar-refractivity contribution in [1.82, 2.24) is 9.88 Å². The standard InChI is InChI=1S/C28H35ClN2O3/c1-18-16-23-22(13-12-21(30-23)17-31-14-6-5-7-15-31)25(19-8-10-20(29)11-9-19)24(18)26(27(32)33)34-28(2,3)4/h8-13,16,26-27,32-33H,5-7,14-15,17H2,1-4H3/t26-/m0/s1. The molecule has 2 heterocycles. The number of pyridine rings is 1. The van der Waals surface area contributed by atoms with Gasteiger partial charge in [0, 0.05) is 17.0 Å². The minimum absolute atomic E-state index is 0.566. The first-order valence-corrected chi connectivity index (χ1v) is 12.5. The maximum absolute atomic E-state index is 10.4. The summed E-state index contributed by atoms with van der Waals surface area (Å²) in [5.74, 6) is 0. The van der Waals surface area contributed by atoms with Gasteiger partial charge in [0.15, 0.2) is 6.29 Å². The predicted molar refractivity (Wildman–Crippen MR) is 138 cm³/mol. The van der Waals surface area contributed by atoms with E-state index in [2.05, 4.69) is 17.0 Å². The van der Waals surface area contributed by atoms with Crippen molar-refractivity contribution in [2.24, 2.45) is 0 Å². The number of ether oxygens (including phenoxy) is 1. The smallest absolute Gasteiger partial charge is 0.182 e. The number of halogens is 1. The third-order valence-electron chi connectivity index (χ3n) is 6.30. The van der Waals surface area contributed by atoms with E-state index in [0.717, 1.165) is 58.5 Å². The Kier molecular flexibility index (Phi) is 7.60. The van der Waals surface area contributed by atoms with Crippen LogP contribution in [0.2, 0.25) is 5.02 Å². The van der Waals surface area contributed by atoms with E-state index in [4.69, 9.17) is 21.3 Å². The third-order valence-corrected chi connectivity index (χ3v) is 6.55. The van der Waals surface area contributed by atoms with Gasteiger partial charge < -0.3 is 14.9 Å². The number of hydrogen-bond acceptors (Lipinski definition) is 5. The second-order valence-electron chi connectivity index (χ2n) is 10.3. The van der Waals surface area contributed by atoms with Crippen molar-refractivity contribution in [2.75, 3.05) is 13.1 Å². The summed E-state index contributed by atoms with van der Waals surface area (Å²) in [7, 11) is 0. The van der Waals surface area contributed by atoms with Gasteiger partial charge in [-0.2, -0.15) is 0 Å². The average molecular weight is 483 g/mol. The van der Waals surface area contributed by atoms with E-state index in [-0.39, 0.29) is 0 Å². The van der Waals surface area contributed by atoms with Gasteiger partial charge in [-0.15, -0.1) is 0 Å². The van der Waals surface area contributed by atoms with Gasteiger partial charge >= 0.3 is 0 Å². The number of nitrogens with zero attached hydrogens (tertiary/aromatic N) is 2. The topological polar surface area (TPSA) is 65.8 Å². The lowest BCUT2D eigenvalue weighted by Gasteiger charge is -2.32. The molecule has 0 unspecified atom stereocenters. The molecule has 4 rings (SSSR count). The fourth-order valence-corrected chi connectivity index (χ4v) is 4.97. The molecule has 1 fully saturated rings. The third kappa shape index (κ3) is 5.78. The SMILES string of the molecule is Cc1cc2nc(CN3CCCCC3)ccc2c(-c2ccc(Cl)cc2)c1[C@H](OC(C)(C)C)C(O)O. The van der Waals surface area contributed by atoms with Gasteiger partial charge in [-0.25, -0.2) is 0 Å². The molecule has 3 aromatic rings. The number of likely N-dealkylation sites (tertiary alicyclic amines) is 1. The van der Waals surface area contributed by atoms with Crippen LogP contribution in [0.25, 0.3) is 22.0 Å². The molecular formula is C28H35ClN2O3. The Bertz CT molecular complexity index is 1130. The summed E-state index contributed by atoms with van der Waals surface area (Å²) in [5, 5.41) is 22.3. The number of rotatable bonds is 6. The molecule has 1 aromatic heterocycles. The second kappa shape index (κ2) is 10.3. The number of aliphatic hydroxyl groups is 2. The van der Waals surface area contributed by atoms with Crippen molar-refractivity contribution in [1.29, 1.82) is 0 Å². The molecule has 1 saturated heterocycles. The Morgan fingerprint density at radius 1 is 1.03 bits per heavy atom. The minimum atomic E-state index is -1.67. The fraction of sp³-hybridized carbons (Fsp3) is 0.464. The quantitative estimate of drug-likeness (QED) is 0.421. The molecule has 5 nitrogen and oxygen atoms in total. The molecular weight excluding hydrogens is 448 g/mol. The van der Waals surface area contributed by atoms with Crippen LogP contribution in [0.3, 0.4) is 0 Å². The predicted octanol–water partition coefficient (Wildman–Crippen LogP) is 6.02. The van der Waals surface area contributed by atoms with E-state index in [1.54, 1.807) is 0 Å². The number of benzene rings is 2. The molecule has 0 saturated carbocycles. The van der Waals surface area contributed by atoms with Crippen LogP contribution in [-0.4, -0.2) is 45.1 Å². The van der Waals surface area contributed by atoms with Crippen molar-refractivity contribution in [3.63, 3.8) is 0 Å². The highest BCUT2D eigenvalue weighted by Crippen LogP contribution is 2.41. The zero-order chi connectivity index (χ0) is 24.5. The highest BCUT2D eigenvalue weighted by Gasteiger charge is 2.31. The molecule has 0 spiro atoms. The van der Waals surface area contributed by atoms with Crippen LogP contribution in [0.1, 0.15) is 63.0 Å². The largest absolute Gasteiger partial charge is 0.366 e. The summed E-state index contributed by atoms with van der Waals surface area (Å²) in [6, 6.07) is 13.8. The highest BCUT2D eigenvalue weighted by molar-refractivity contribution is 6.30.